The Balaban J connectivity index is 1.10. The molecule has 2 aliphatic carbocycles. The number of pyridine rings is 1. The molecule has 1 saturated heterocycles. The lowest BCUT2D eigenvalue weighted by Crippen LogP contribution is -2.30. The summed E-state index contributed by atoms with van der Waals surface area (Å²) in [6.07, 6.45) is 10.4. The maximum Gasteiger partial charge on any atom is 0.331 e. The van der Waals surface area contributed by atoms with Crippen molar-refractivity contribution < 1.29 is 14.4 Å². The fourth-order valence-electron chi connectivity index (χ4n) is 5.25. The molecule has 2 saturated carbocycles. The normalized spacial score (nSPS) is 20.4. The van der Waals surface area contributed by atoms with E-state index in [1.165, 1.54) is 18.3 Å². The average molecular weight is 538 g/mol. The molecule has 2 atom stereocenters. The van der Waals surface area contributed by atoms with Gasteiger partial charge in [-0.1, -0.05) is 0 Å². The number of hydrogen-bond donors (Lipinski definition) is 1. The molecule has 40 heavy (non-hydrogen) atoms. The molecule has 1 N–H and O–H groups in total. The third kappa shape index (κ3) is 4.44. The number of likely N-dealkylation sites (N-methyl/N-ethyl adjacent to an activating group) is 1. The van der Waals surface area contributed by atoms with Crippen LogP contribution in [0, 0.1) is 12.8 Å². The minimum atomic E-state index is -0.354. The molecular formula is C28H27N9O3. The molecule has 0 spiro atoms. The van der Waals surface area contributed by atoms with Crippen molar-refractivity contribution in [3.63, 3.8) is 0 Å². The van der Waals surface area contributed by atoms with Gasteiger partial charge in [-0.3, -0.25) is 19.4 Å². The lowest BCUT2D eigenvalue weighted by atomic mass is 10.1. The van der Waals surface area contributed by atoms with Crippen molar-refractivity contribution in [3.8, 4) is 0 Å². The summed E-state index contributed by atoms with van der Waals surface area (Å²) in [7, 11) is 1.49. The zero-order valence-electron chi connectivity index (χ0n) is 22.1. The predicted octanol–water partition coefficient (Wildman–Crippen LogP) is 2.83. The van der Waals surface area contributed by atoms with Crippen molar-refractivity contribution >= 4 is 35.0 Å². The smallest absolute Gasteiger partial charge is 0.310 e. The van der Waals surface area contributed by atoms with E-state index in [4.69, 9.17) is 4.98 Å². The molecule has 7 rings (SSSR count). The first-order valence-electron chi connectivity index (χ1n) is 13.3. The Morgan fingerprint density at radius 1 is 1.07 bits per heavy atom. The number of carbonyl (C=O) groups is 3. The number of hydrogen-bond acceptors (Lipinski definition) is 8. The van der Waals surface area contributed by atoms with Crippen LogP contribution >= 0.6 is 0 Å². The molecule has 0 bridgehead atoms. The molecule has 4 aromatic rings. The van der Waals surface area contributed by atoms with Gasteiger partial charge in [0.15, 0.2) is 5.65 Å². The fraction of sp³-hybridized carbons (Fsp3) is 0.357. The Labute approximate surface area is 229 Å². The van der Waals surface area contributed by atoms with Crippen molar-refractivity contribution in [2.24, 2.45) is 5.92 Å². The Hall–Kier alpha value is -4.74. The second-order valence-corrected chi connectivity index (χ2v) is 10.8. The largest absolute Gasteiger partial charge is 0.331 e. The minimum Gasteiger partial charge on any atom is -0.310 e. The maximum atomic E-state index is 12.9. The van der Waals surface area contributed by atoms with Crippen LogP contribution in [0.2, 0.25) is 0 Å². The standard InChI is InChI=1S/C28H27N9O3/c1-15-5-6-29-25(32-15)20-10-21(20)27(39)34-23-9-18(30-14-31-23)8-19-12-36-11-17(16-3-4-16)7-22(26(36)33-19)37-13-24(38)35(2)28(37)40/h5-7,9,11-12,14,16,20-21H,3-4,8,10,13H2,1-2H3,(H,30,31,34,39). The molecule has 202 valence electrons. The van der Waals surface area contributed by atoms with E-state index in [1.54, 1.807) is 12.3 Å². The van der Waals surface area contributed by atoms with Gasteiger partial charge >= 0.3 is 6.03 Å². The zero-order valence-corrected chi connectivity index (χ0v) is 22.1. The Morgan fingerprint density at radius 3 is 2.67 bits per heavy atom. The van der Waals surface area contributed by atoms with Gasteiger partial charge in [0.05, 0.1) is 17.1 Å². The molecule has 2 unspecified atom stereocenters. The average Bonchev–Trinajstić information content (AvgIpc) is 3.86. The van der Waals surface area contributed by atoms with Crippen molar-refractivity contribution in [2.45, 2.75) is 44.4 Å². The number of anilines is 2. The highest BCUT2D eigenvalue weighted by Gasteiger charge is 2.46. The van der Waals surface area contributed by atoms with Crippen molar-refractivity contribution in [1.29, 1.82) is 0 Å². The lowest BCUT2D eigenvalue weighted by Gasteiger charge is -2.17. The molecule has 4 aromatic heterocycles. The number of carbonyl (C=O) groups excluding carboxylic acids is 3. The van der Waals surface area contributed by atoms with Gasteiger partial charge in [0.25, 0.3) is 0 Å². The van der Waals surface area contributed by atoms with E-state index in [-0.39, 0.29) is 36.2 Å². The van der Waals surface area contributed by atoms with E-state index in [2.05, 4.69) is 31.4 Å². The van der Waals surface area contributed by atoms with E-state index in [1.807, 2.05) is 29.7 Å². The highest BCUT2D eigenvalue weighted by molar-refractivity contribution is 6.13. The van der Waals surface area contributed by atoms with E-state index < -0.39 is 0 Å². The molecule has 4 amide bonds. The van der Waals surface area contributed by atoms with E-state index in [0.29, 0.717) is 47.4 Å². The maximum absolute atomic E-state index is 12.9. The van der Waals surface area contributed by atoms with Gasteiger partial charge in [0.1, 0.15) is 24.5 Å². The Bertz CT molecular complexity index is 1700. The summed E-state index contributed by atoms with van der Waals surface area (Å²) in [6, 6.07) is 5.22. The Kier molecular flexibility index (Phi) is 5.58. The second kappa shape index (κ2) is 9.18. The van der Waals surface area contributed by atoms with Crippen LogP contribution in [0.25, 0.3) is 5.65 Å². The number of aromatic nitrogens is 6. The molecule has 3 fully saturated rings. The third-order valence-electron chi connectivity index (χ3n) is 7.74. The van der Waals surface area contributed by atoms with Gasteiger partial charge in [-0.05, 0) is 49.8 Å². The van der Waals surface area contributed by atoms with Crippen LogP contribution < -0.4 is 10.2 Å². The van der Waals surface area contributed by atoms with Gasteiger partial charge in [0.2, 0.25) is 11.8 Å². The molecule has 12 nitrogen and oxygen atoms in total. The molecule has 1 aliphatic heterocycles. The number of fused-ring (bicyclic) bond motifs is 1. The number of nitrogens with one attached hydrogen (secondary N) is 1. The summed E-state index contributed by atoms with van der Waals surface area (Å²) in [4.78, 5) is 62.7. The van der Waals surface area contributed by atoms with Crippen LogP contribution in [0.4, 0.5) is 16.3 Å². The quantitative estimate of drug-likeness (QED) is 0.355. The van der Waals surface area contributed by atoms with Gasteiger partial charge in [-0.2, -0.15) is 0 Å². The van der Waals surface area contributed by atoms with Crippen LogP contribution in [0.15, 0.2) is 43.1 Å². The van der Waals surface area contributed by atoms with Crippen LogP contribution in [0.3, 0.4) is 0 Å². The molecule has 0 radical (unpaired) electrons. The van der Waals surface area contributed by atoms with Crippen molar-refractivity contribution in [3.05, 3.63) is 71.6 Å². The van der Waals surface area contributed by atoms with Crippen LogP contribution in [-0.4, -0.2) is 65.7 Å². The zero-order chi connectivity index (χ0) is 27.5. The number of aryl methyl sites for hydroxylation is 1. The number of nitrogens with zero attached hydrogens (tertiary/aromatic N) is 8. The second-order valence-electron chi connectivity index (χ2n) is 10.8. The number of amides is 4. The first kappa shape index (κ1) is 24.3. The molecule has 3 aliphatic rings. The number of urea groups is 1. The summed E-state index contributed by atoms with van der Waals surface area (Å²) < 4.78 is 1.93. The first-order valence-corrected chi connectivity index (χ1v) is 13.3. The highest BCUT2D eigenvalue weighted by Crippen LogP contribution is 2.46. The molecular weight excluding hydrogens is 510 g/mol. The number of imide groups is 1. The molecule has 12 heteroatoms. The summed E-state index contributed by atoms with van der Waals surface area (Å²) >= 11 is 0. The number of imidazole rings is 1. The van der Waals surface area contributed by atoms with Crippen molar-refractivity contribution in [2.75, 3.05) is 23.8 Å². The minimum absolute atomic E-state index is 0.00582. The topological polar surface area (TPSA) is 139 Å². The molecule has 0 aromatic carbocycles. The first-order chi connectivity index (χ1) is 19.3. The monoisotopic (exact) mass is 537 g/mol. The fourth-order valence-corrected chi connectivity index (χ4v) is 5.25. The van der Waals surface area contributed by atoms with Crippen LogP contribution in [-0.2, 0) is 16.0 Å². The summed E-state index contributed by atoms with van der Waals surface area (Å²) in [5.74, 6) is 1.06. The highest BCUT2D eigenvalue weighted by atomic mass is 16.2. The SMILES string of the molecule is Cc1ccnc(C2CC2C(=O)Nc2cc(Cc3cn4cc(C5CC5)cc(N5CC(=O)N(C)C5=O)c4n3)ncn2)n1. The van der Waals surface area contributed by atoms with Crippen LogP contribution in [0.5, 0.6) is 0 Å². The molecule has 5 heterocycles. The summed E-state index contributed by atoms with van der Waals surface area (Å²) in [5, 5.41) is 2.91. The van der Waals surface area contributed by atoms with Gasteiger partial charge in [0, 0.05) is 55.7 Å². The number of rotatable bonds is 7. The van der Waals surface area contributed by atoms with E-state index in [9.17, 15) is 14.4 Å². The third-order valence-corrected chi connectivity index (χ3v) is 7.74. The predicted molar refractivity (Wildman–Crippen MR) is 144 cm³/mol. The van der Waals surface area contributed by atoms with Gasteiger partial charge in [-0.15, -0.1) is 0 Å². The Morgan fingerprint density at radius 2 is 1.93 bits per heavy atom. The summed E-state index contributed by atoms with van der Waals surface area (Å²) in [6.45, 7) is 1.90. The van der Waals surface area contributed by atoms with Crippen LogP contribution in [0.1, 0.15) is 59.6 Å². The van der Waals surface area contributed by atoms with E-state index in [0.717, 1.165) is 34.7 Å². The van der Waals surface area contributed by atoms with E-state index >= 15 is 0 Å². The van der Waals surface area contributed by atoms with Gasteiger partial charge < -0.3 is 9.72 Å². The lowest BCUT2D eigenvalue weighted by molar-refractivity contribution is -0.124. The van der Waals surface area contributed by atoms with Gasteiger partial charge in [-0.25, -0.2) is 29.7 Å². The van der Waals surface area contributed by atoms with Crippen molar-refractivity contribution in [1.82, 2.24) is 34.2 Å². The summed E-state index contributed by atoms with van der Waals surface area (Å²) in [5.41, 5.74) is 4.69.